The molecule has 1 aromatic carbocycles. The summed E-state index contributed by atoms with van der Waals surface area (Å²) in [5.74, 6) is 0. The molecule has 0 aromatic heterocycles. The number of nitriles is 1. The number of piperidine rings is 1. The zero-order valence-corrected chi connectivity index (χ0v) is 16.6. The first-order chi connectivity index (χ1) is 13.3. The lowest BCUT2D eigenvalue weighted by molar-refractivity contribution is -0.201. The summed E-state index contributed by atoms with van der Waals surface area (Å²) in [5.41, 5.74) is 2.18. The number of hydrogen-bond donors (Lipinski definition) is 0. The predicted molar refractivity (Wildman–Crippen MR) is 106 cm³/mol. The third-order valence-electron chi connectivity index (χ3n) is 4.50. The van der Waals surface area contributed by atoms with Crippen molar-refractivity contribution >= 4 is 17.9 Å². The smallest absolute Gasteiger partial charge is 0.410 e. The van der Waals surface area contributed by atoms with Gasteiger partial charge in [-0.1, -0.05) is 18.2 Å². The molecule has 1 aromatic rings. The number of allylic oxidation sites excluding steroid dienone is 1. The lowest BCUT2D eigenvalue weighted by atomic mass is 10.0. The second kappa shape index (κ2) is 8.44. The van der Waals surface area contributed by atoms with E-state index in [0.29, 0.717) is 25.2 Å². The van der Waals surface area contributed by atoms with Gasteiger partial charge in [0.15, 0.2) is 0 Å². The predicted octanol–water partition coefficient (Wildman–Crippen LogP) is 3.57. The van der Waals surface area contributed by atoms with Gasteiger partial charge >= 0.3 is 6.09 Å². The van der Waals surface area contributed by atoms with E-state index >= 15 is 0 Å². The van der Waals surface area contributed by atoms with E-state index in [1.165, 1.54) is 0 Å². The largest absolute Gasteiger partial charge is 0.444 e. The highest BCUT2D eigenvalue weighted by Gasteiger charge is 2.28. The Labute approximate surface area is 165 Å². The number of likely N-dealkylation sites (tertiary alicyclic amines) is 1. The molecular formula is C21H26N4O3. The molecule has 7 nitrogen and oxygen atoms in total. The van der Waals surface area contributed by atoms with Gasteiger partial charge in [0.05, 0.1) is 30.5 Å². The molecule has 148 valence electrons. The molecule has 1 amide bonds. The number of carbonyl (C=O) groups is 1. The van der Waals surface area contributed by atoms with Crippen molar-refractivity contribution < 1.29 is 14.4 Å². The molecule has 0 bridgehead atoms. The number of rotatable bonds is 3. The maximum absolute atomic E-state index is 12.1. The summed E-state index contributed by atoms with van der Waals surface area (Å²) < 4.78 is 5.42. The van der Waals surface area contributed by atoms with Gasteiger partial charge in [-0.25, -0.2) is 4.79 Å². The van der Waals surface area contributed by atoms with E-state index in [1.807, 2.05) is 39.0 Å². The van der Waals surface area contributed by atoms with Crippen molar-refractivity contribution in [3.63, 3.8) is 0 Å². The summed E-state index contributed by atoms with van der Waals surface area (Å²) in [6.45, 7) is 7.39. The average molecular weight is 382 g/mol. The fourth-order valence-corrected chi connectivity index (χ4v) is 3.05. The Morgan fingerprint density at radius 3 is 2.43 bits per heavy atom. The van der Waals surface area contributed by atoms with Crippen LogP contribution in [0.5, 0.6) is 0 Å². The highest BCUT2D eigenvalue weighted by atomic mass is 16.7. The van der Waals surface area contributed by atoms with E-state index in [2.05, 4.69) is 11.2 Å². The second-order valence-corrected chi connectivity index (χ2v) is 7.90. The minimum Gasteiger partial charge on any atom is -0.444 e. The van der Waals surface area contributed by atoms with Crippen molar-refractivity contribution in [3.8, 4) is 6.07 Å². The van der Waals surface area contributed by atoms with Crippen LogP contribution in [0, 0.1) is 11.3 Å². The molecule has 0 radical (unpaired) electrons. The number of amides is 1. The number of nitrogens with zero attached hydrogens (tertiary/aromatic N) is 4. The molecular weight excluding hydrogens is 356 g/mol. The average Bonchev–Trinajstić information content (AvgIpc) is 2.68. The van der Waals surface area contributed by atoms with Crippen LogP contribution in [-0.4, -0.2) is 53.7 Å². The maximum Gasteiger partial charge on any atom is 0.410 e. The molecule has 28 heavy (non-hydrogen) atoms. The van der Waals surface area contributed by atoms with Crippen molar-refractivity contribution in [2.45, 2.75) is 45.3 Å². The van der Waals surface area contributed by atoms with Crippen molar-refractivity contribution in [1.82, 2.24) is 10.1 Å². The molecule has 2 aliphatic rings. The van der Waals surface area contributed by atoms with Crippen LogP contribution in [0.2, 0.25) is 0 Å². The summed E-state index contributed by atoms with van der Waals surface area (Å²) in [6, 6.07) is 9.54. The molecule has 0 aliphatic carbocycles. The standard InChI is InChI=1S/C21H26N4O3/c1-21(2,3)27-20(26)24-11-9-19(10-12-24)28-25-13-8-18(15-23-25)17-6-4-16(14-22)5-7-17/h4-8,15,19H,9-13H2,1-3H3. The summed E-state index contributed by atoms with van der Waals surface area (Å²) in [4.78, 5) is 19.8. The zero-order chi connectivity index (χ0) is 20.1. The molecule has 0 N–H and O–H groups in total. The van der Waals surface area contributed by atoms with Crippen LogP contribution in [0.4, 0.5) is 4.79 Å². The highest BCUT2D eigenvalue weighted by molar-refractivity contribution is 6.10. The van der Waals surface area contributed by atoms with Gasteiger partial charge in [-0.3, -0.25) is 4.84 Å². The van der Waals surface area contributed by atoms with Crippen LogP contribution in [0.1, 0.15) is 44.7 Å². The molecule has 2 heterocycles. The Morgan fingerprint density at radius 2 is 1.89 bits per heavy atom. The van der Waals surface area contributed by atoms with Crippen LogP contribution < -0.4 is 0 Å². The minimum atomic E-state index is -0.480. The van der Waals surface area contributed by atoms with Crippen LogP contribution in [0.3, 0.4) is 0 Å². The Hall–Kier alpha value is -2.85. The minimum absolute atomic E-state index is 0.0284. The Bertz CT molecular complexity index is 794. The SMILES string of the molecule is CC(C)(C)OC(=O)N1CCC(ON2CC=C(c3ccc(C#N)cc3)C=N2)CC1. The lowest BCUT2D eigenvalue weighted by Gasteiger charge is -2.34. The van der Waals surface area contributed by atoms with Crippen LogP contribution in [0.25, 0.3) is 5.57 Å². The Kier molecular flexibility index (Phi) is 6.00. The number of ether oxygens (including phenoxy) is 1. The van der Waals surface area contributed by atoms with Gasteiger partial charge in [-0.2, -0.15) is 15.5 Å². The van der Waals surface area contributed by atoms with Crippen LogP contribution >= 0.6 is 0 Å². The van der Waals surface area contributed by atoms with Crippen molar-refractivity contribution in [2.75, 3.05) is 19.6 Å². The Morgan fingerprint density at radius 1 is 1.21 bits per heavy atom. The normalized spacial score (nSPS) is 17.9. The van der Waals surface area contributed by atoms with Crippen molar-refractivity contribution in [2.24, 2.45) is 5.10 Å². The monoisotopic (exact) mass is 382 g/mol. The third kappa shape index (κ3) is 5.33. The molecule has 1 fully saturated rings. The van der Waals surface area contributed by atoms with Gasteiger partial charge in [-0.05, 0) is 56.9 Å². The summed E-state index contributed by atoms with van der Waals surface area (Å²) >= 11 is 0. The van der Waals surface area contributed by atoms with Gasteiger partial charge in [0.25, 0.3) is 0 Å². The first-order valence-corrected chi connectivity index (χ1v) is 9.51. The Balaban J connectivity index is 1.46. The fourth-order valence-electron chi connectivity index (χ4n) is 3.05. The summed E-state index contributed by atoms with van der Waals surface area (Å²) in [6.07, 6.45) is 5.07. The second-order valence-electron chi connectivity index (χ2n) is 7.90. The molecule has 2 aliphatic heterocycles. The zero-order valence-electron chi connectivity index (χ0n) is 16.6. The maximum atomic E-state index is 12.1. The quantitative estimate of drug-likeness (QED) is 0.798. The molecule has 0 spiro atoms. The fraction of sp³-hybridized carbons (Fsp3) is 0.476. The van der Waals surface area contributed by atoms with Gasteiger partial charge in [0, 0.05) is 13.1 Å². The number of carbonyl (C=O) groups excluding carboxylic acids is 1. The highest BCUT2D eigenvalue weighted by Crippen LogP contribution is 2.21. The van der Waals surface area contributed by atoms with E-state index in [1.54, 1.807) is 28.4 Å². The molecule has 3 rings (SSSR count). The summed E-state index contributed by atoms with van der Waals surface area (Å²) in [5, 5.41) is 14.8. The number of benzene rings is 1. The molecule has 0 unspecified atom stereocenters. The lowest BCUT2D eigenvalue weighted by Crippen LogP contribution is -2.44. The number of hydroxylamine groups is 1. The van der Waals surface area contributed by atoms with E-state index in [4.69, 9.17) is 14.8 Å². The van der Waals surface area contributed by atoms with Crippen molar-refractivity contribution in [1.29, 1.82) is 5.26 Å². The van der Waals surface area contributed by atoms with E-state index < -0.39 is 5.60 Å². The number of hydrazone groups is 1. The molecule has 0 atom stereocenters. The van der Waals surface area contributed by atoms with Gasteiger partial charge in [0.2, 0.25) is 0 Å². The molecule has 0 saturated carbocycles. The van der Waals surface area contributed by atoms with Crippen LogP contribution in [-0.2, 0) is 9.57 Å². The van der Waals surface area contributed by atoms with Gasteiger partial charge < -0.3 is 9.64 Å². The van der Waals surface area contributed by atoms with Gasteiger partial charge in [0.1, 0.15) is 5.60 Å². The first kappa shape index (κ1) is 19.9. The van der Waals surface area contributed by atoms with Crippen molar-refractivity contribution in [3.05, 3.63) is 41.5 Å². The van der Waals surface area contributed by atoms with E-state index in [0.717, 1.165) is 24.0 Å². The van der Waals surface area contributed by atoms with Gasteiger partial charge in [-0.15, -0.1) is 0 Å². The molecule has 1 saturated heterocycles. The molecule has 7 heteroatoms. The van der Waals surface area contributed by atoms with Crippen LogP contribution in [0.15, 0.2) is 35.4 Å². The third-order valence-corrected chi connectivity index (χ3v) is 4.50. The summed E-state index contributed by atoms with van der Waals surface area (Å²) in [7, 11) is 0. The van der Waals surface area contributed by atoms with E-state index in [-0.39, 0.29) is 12.2 Å². The topological polar surface area (TPSA) is 78.2 Å². The number of hydrogen-bond acceptors (Lipinski definition) is 6. The van der Waals surface area contributed by atoms with E-state index in [9.17, 15) is 4.79 Å². The first-order valence-electron chi connectivity index (χ1n) is 9.51.